The predicted octanol–water partition coefficient (Wildman–Crippen LogP) is 1.88. The molecule has 1 aromatic rings. The van der Waals surface area contributed by atoms with E-state index in [1.54, 1.807) is 32.4 Å². The highest BCUT2D eigenvalue weighted by molar-refractivity contribution is 5.94. The molecule has 0 aliphatic heterocycles. The van der Waals surface area contributed by atoms with Crippen molar-refractivity contribution in [2.45, 2.75) is 38.1 Å². The number of carbonyl (C=O) groups is 1. The Balaban J connectivity index is 1.85. The minimum Gasteiger partial charge on any atom is -0.493 e. The molecule has 1 amide bonds. The van der Waals surface area contributed by atoms with Crippen molar-refractivity contribution in [1.29, 1.82) is 0 Å². The molecule has 2 rings (SSSR count). The van der Waals surface area contributed by atoms with Crippen LogP contribution in [0.15, 0.2) is 23.2 Å². The molecule has 1 aliphatic rings. The maximum atomic E-state index is 11.9. The number of hydrogen-bond acceptors (Lipinski definition) is 4. The molecule has 0 aromatic heterocycles. The maximum absolute atomic E-state index is 11.9. The quantitative estimate of drug-likeness (QED) is 0.545. The van der Waals surface area contributed by atoms with Crippen molar-refractivity contribution < 1.29 is 14.3 Å². The molecule has 0 spiro atoms. The van der Waals surface area contributed by atoms with E-state index in [2.05, 4.69) is 15.6 Å². The molecule has 0 heterocycles. The third kappa shape index (κ3) is 5.33. The lowest BCUT2D eigenvalue weighted by Crippen LogP contribution is -2.38. The lowest BCUT2D eigenvalue weighted by Gasteiger charge is -2.22. The molecular weight excluding hydrogens is 308 g/mol. The van der Waals surface area contributed by atoms with E-state index in [0.717, 1.165) is 12.8 Å². The maximum Gasteiger partial charge on any atom is 0.242 e. The highest BCUT2D eigenvalue weighted by Crippen LogP contribution is 2.29. The van der Waals surface area contributed by atoms with Crippen LogP contribution < -0.4 is 25.8 Å². The number of ether oxygens (including phenoxy) is 2. The van der Waals surface area contributed by atoms with Crippen molar-refractivity contribution in [3.8, 4) is 11.5 Å². The number of methoxy groups -OCH3 is 2. The number of carbonyl (C=O) groups excluding carboxylic acids is 1. The molecule has 132 valence electrons. The summed E-state index contributed by atoms with van der Waals surface area (Å²) < 4.78 is 10.4. The van der Waals surface area contributed by atoms with E-state index in [-0.39, 0.29) is 24.5 Å². The van der Waals surface area contributed by atoms with Crippen LogP contribution in [-0.4, -0.2) is 38.7 Å². The van der Waals surface area contributed by atoms with Crippen molar-refractivity contribution in [3.63, 3.8) is 0 Å². The number of nitrogens with two attached hydrogens (primary N) is 1. The number of benzene rings is 1. The molecule has 1 aromatic carbocycles. The molecule has 1 fully saturated rings. The minimum atomic E-state index is -0.0982. The van der Waals surface area contributed by atoms with Crippen molar-refractivity contribution in [2.75, 3.05) is 26.1 Å². The number of anilines is 1. The van der Waals surface area contributed by atoms with Gasteiger partial charge >= 0.3 is 0 Å². The Morgan fingerprint density at radius 3 is 2.58 bits per heavy atom. The summed E-state index contributed by atoms with van der Waals surface area (Å²) >= 11 is 0. The van der Waals surface area contributed by atoms with Gasteiger partial charge in [0.25, 0.3) is 0 Å². The third-order valence-electron chi connectivity index (χ3n) is 4.02. The van der Waals surface area contributed by atoms with Crippen molar-refractivity contribution >= 4 is 17.6 Å². The summed E-state index contributed by atoms with van der Waals surface area (Å²) in [4.78, 5) is 16.0. The van der Waals surface area contributed by atoms with Crippen LogP contribution >= 0.6 is 0 Å². The van der Waals surface area contributed by atoms with E-state index in [4.69, 9.17) is 15.2 Å². The normalized spacial score (nSPS) is 15.7. The van der Waals surface area contributed by atoms with E-state index in [1.807, 2.05) is 0 Å². The van der Waals surface area contributed by atoms with Crippen LogP contribution in [0.4, 0.5) is 5.69 Å². The van der Waals surface area contributed by atoms with Crippen molar-refractivity contribution in [2.24, 2.45) is 10.7 Å². The zero-order chi connectivity index (χ0) is 17.4. The molecular formula is C17H26N4O3. The number of nitrogens with one attached hydrogen (secondary N) is 2. The van der Waals surface area contributed by atoms with E-state index in [0.29, 0.717) is 17.2 Å². The standard InChI is InChI=1S/C17H26N4O3/c1-23-14-9-8-13(10-15(14)24-2)21-17(18)19-11-16(22)20-12-6-4-3-5-7-12/h8-10,12H,3-7,11H2,1-2H3,(H,20,22)(H3,18,19,21). The highest BCUT2D eigenvalue weighted by Gasteiger charge is 2.15. The van der Waals surface area contributed by atoms with Gasteiger partial charge in [-0.25, -0.2) is 4.99 Å². The second kappa shape index (κ2) is 9.00. The molecule has 0 bridgehead atoms. The molecule has 1 aliphatic carbocycles. The number of nitrogens with zero attached hydrogens (tertiary/aromatic N) is 1. The highest BCUT2D eigenvalue weighted by atomic mass is 16.5. The van der Waals surface area contributed by atoms with Gasteiger partial charge in [-0.1, -0.05) is 19.3 Å². The Labute approximate surface area is 142 Å². The molecule has 0 radical (unpaired) electrons. The first-order chi connectivity index (χ1) is 11.6. The Hall–Kier alpha value is -2.44. The number of guanidine groups is 1. The van der Waals surface area contributed by atoms with Crippen LogP contribution in [0.2, 0.25) is 0 Å². The molecule has 0 saturated heterocycles. The van der Waals surface area contributed by atoms with Gasteiger partial charge in [0.05, 0.1) is 14.2 Å². The second-order valence-corrected chi connectivity index (χ2v) is 5.80. The lowest BCUT2D eigenvalue weighted by molar-refractivity contribution is -0.120. The minimum absolute atomic E-state index is 0.0165. The van der Waals surface area contributed by atoms with Gasteiger partial charge in [-0.2, -0.15) is 0 Å². The average Bonchev–Trinajstić information content (AvgIpc) is 2.60. The largest absolute Gasteiger partial charge is 0.493 e. The molecule has 7 heteroatoms. The zero-order valence-electron chi connectivity index (χ0n) is 14.3. The number of rotatable bonds is 6. The van der Waals surface area contributed by atoms with E-state index >= 15 is 0 Å². The van der Waals surface area contributed by atoms with Crippen LogP contribution in [0, 0.1) is 0 Å². The first-order valence-corrected chi connectivity index (χ1v) is 8.20. The third-order valence-corrected chi connectivity index (χ3v) is 4.02. The number of hydrogen-bond donors (Lipinski definition) is 3. The second-order valence-electron chi connectivity index (χ2n) is 5.80. The summed E-state index contributed by atoms with van der Waals surface area (Å²) in [5, 5.41) is 5.94. The fraction of sp³-hybridized carbons (Fsp3) is 0.529. The molecule has 7 nitrogen and oxygen atoms in total. The van der Waals surface area contributed by atoms with Gasteiger partial charge in [0.2, 0.25) is 5.91 Å². The summed E-state index contributed by atoms with van der Waals surface area (Å²) in [6.45, 7) is 0.0165. The summed E-state index contributed by atoms with van der Waals surface area (Å²) in [5.74, 6) is 1.30. The van der Waals surface area contributed by atoms with Crippen LogP contribution in [0.3, 0.4) is 0 Å². The van der Waals surface area contributed by atoms with Crippen LogP contribution in [0.1, 0.15) is 32.1 Å². The van der Waals surface area contributed by atoms with Gasteiger partial charge in [-0.05, 0) is 25.0 Å². The Morgan fingerprint density at radius 2 is 1.92 bits per heavy atom. The Bertz CT molecular complexity index is 583. The summed E-state index contributed by atoms with van der Waals surface area (Å²) in [5.41, 5.74) is 6.55. The monoisotopic (exact) mass is 334 g/mol. The fourth-order valence-electron chi connectivity index (χ4n) is 2.78. The summed E-state index contributed by atoms with van der Waals surface area (Å²) in [6.07, 6.45) is 5.71. The molecule has 0 unspecified atom stereocenters. The first kappa shape index (κ1) is 17.9. The Morgan fingerprint density at radius 1 is 1.21 bits per heavy atom. The summed E-state index contributed by atoms with van der Waals surface area (Å²) in [6, 6.07) is 5.60. The molecule has 1 saturated carbocycles. The number of aliphatic imine (C=N–C) groups is 1. The van der Waals surface area contributed by atoms with Gasteiger partial charge in [0.15, 0.2) is 17.5 Å². The zero-order valence-corrected chi connectivity index (χ0v) is 14.3. The van der Waals surface area contributed by atoms with E-state index in [9.17, 15) is 4.79 Å². The molecule has 4 N–H and O–H groups in total. The lowest BCUT2D eigenvalue weighted by atomic mass is 9.95. The number of amides is 1. The molecule has 0 atom stereocenters. The predicted molar refractivity (Wildman–Crippen MR) is 94.7 cm³/mol. The smallest absolute Gasteiger partial charge is 0.242 e. The van der Waals surface area contributed by atoms with Gasteiger partial charge in [-0.15, -0.1) is 0 Å². The SMILES string of the molecule is COc1ccc(NC(N)=NCC(=O)NC2CCCCC2)cc1OC. The van der Waals surface area contributed by atoms with Gasteiger partial charge < -0.3 is 25.8 Å². The fourth-order valence-corrected chi connectivity index (χ4v) is 2.78. The van der Waals surface area contributed by atoms with Gasteiger partial charge in [0.1, 0.15) is 6.54 Å². The Kier molecular flexibility index (Phi) is 6.72. The van der Waals surface area contributed by atoms with Crippen molar-refractivity contribution in [1.82, 2.24) is 5.32 Å². The topological polar surface area (TPSA) is 98.0 Å². The first-order valence-electron chi connectivity index (χ1n) is 8.20. The van der Waals surface area contributed by atoms with Gasteiger partial charge in [-0.3, -0.25) is 4.79 Å². The van der Waals surface area contributed by atoms with E-state index < -0.39 is 0 Å². The van der Waals surface area contributed by atoms with Gasteiger partial charge in [0, 0.05) is 17.8 Å². The van der Waals surface area contributed by atoms with Crippen LogP contribution in [0.5, 0.6) is 11.5 Å². The van der Waals surface area contributed by atoms with E-state index in [1.165, 1.54) is 19.3 Å². The van der Waals surface area contributed by atoms with Crippen LogP contribution in [0.25, 0.3) is 0 Å². The summed E-state index contributed by atoms with van der Waals surface area (Å²) in [7, 11) is 3.14. The molecule has 24 heavy (non-hydrogen) atoms. The van der Waals surface area contributed by atoms with Crippen LogP contribution in [-0.2, 0) is 4.79 Å². The average molecular weight is 334 g/mol. The van der Waals surface area contributed by atoms with Crippen molar-refractivity contribution in [3.05, 3.63) is 18.2 Å².